The van der Waals surface area contributed by atoms with Crippen LogP contribution in [0.15, 0.2) is 18.2 Å². The molecule has 0 radical (unpaired) electrons. The van der Waals surface area contributed by atoms with Gasteiger partial charge in [-0.25, -0.2) is 4.79 Å². The van der Waals surface area contributed by atoms with Gasteiger partial charge in [-0.15, -0.1) is 0 Å². The van der Waals surface area contributed by atoms with E-state index < -0.39 is 30.4 Å². The first-order chi connectivity index (χ1) is 12.8. The van der Waals surface area contributed by atoms with Crippen molar-refractivity contribution in [3.63, 3.8) is 0 Å². The Hall–Kier alpha value is -2.48. The number of rotatable bonds is 7. The van der Waals surface area contributed by atoms with Crippen LogP contribution in [0.3, 0.4) is 0 Å². The van der Waals surface area contributed by atoms with Crippen LogP contribution in [0.4, 0.5) is 4.79 Å². The first-order valence-electron chi connectivity index (χ1n) is 9.10. The molecule has 1 aliphatic carbocycles. The zero-order chi connectivity index (χ0) is 20.0. The molecule has 0 aliphatic heterocycles. The van der Waals surface area contributed by atoms with Crippen molar-refractivity contribution in [2.24, 2.45) is 5.73 Å². The van der Waals surface area contributed by atoms with E-state index in [1.165, 1.54) is 12.1 Å². The Kier molecular flexibility index (Phi) is 7.29. The number of carbonyl (C=O) groups excluding carboxylic acids is 2. The van der Waals surface area contributed by atoms with Crippen LogP contribution in [0.1, 0.15) is 45.1 Å². The summed E-state index contributed by atoms with van der Waals surface area (Å²) >= 11 is 0. The highest BCUT2D eigenvalue weighted by Gasteiger charge is 2.26. The van der Waals surface area contributed by atoms with Crippen LogP contribution in [-0.2, 0) is 25.4 Å². The molecule has 1 aromatic carbocycles. The van der Waals surface area contributed by atoms with Crippen LogP contribution in [0, 0.1) is 0 Å². The Morgan fingerprint density at radius 1 is 1.11 bits per heavy atom. The lowest BCUT2D eigenvalue weighted by Crippen LogP contribution is -2.39. The van der Waals surface area contributed by atoms with Gasteiger partial charge < -0.3 is 30.2 Å². The number of nitrogens with two attached hydrogens (primary N) is 1. The highest BCUT2D eigenvalue weighted by atomic mass is 16.7. The lowest BCUT2D eigenvalue weighted by Gasteiger charge is -2.23. The van der Waals surface area contributed by atoms with Gasteiger partial charge in [0, 0.05) is 0 Å². The van der Waals surface area contributed by atoms with Crippen LogP contribution < -0.4 is 5.73 Å². The van der Waals surface area contributed by atoms with E-state index in [0.29, 0.717) is 5.56 Å². The van der Waals surface area contributed by atoms with Crippen molar-refractivity contribution >= 4 is 12.1 Å². The van der Waals surface area contributed by atoms with E-state index in [1.807, 2.05) is 0 Å². The van der Waals surface area contributed by atoms with Crippen LogP contribution >= 0.6 is 0 Å². The normalized spacial score (nSPS) is 17.7. The molecule has 3 atom stereocenters. The number of carbonyl (C=O) groups is 2. The number of ether oxygens (including phenoxy) is 3. The maximum Gasteiger partial charge on any atom is 0.508 e. The number of aromatic hydroxyl groups is 2. The minimum Gasteiger partial charge on any atom is -0.504 e. The van der Waals surface area contributed by atoms with E-state index in [4.69, 9.17) is 19.9 Å². The van der Waals surface area contributed by atoms with Crippen LogP contribution in [0.5, 0.6) is 11.5 Å². The average Bonchev–Trinajstić information content (AvgIpc) is 3.10. The number of phenols is 2. The monoisotopic (exact) mass is 381 g/mol. The summed E-state index contributed by atoms with van der Waals surface area (Å²) in [5.41, 5.74) is 6.42. The zero-order valence-corrected chi connectivity index (χ0v) is 15.6. The van der Waals surface area contributed by atoms with Crippen LogP contribution in [0.25, 0.3) is 0 Å². The van der Waals surface area contributed by atoms with Crippen molar-refractivity contribution in [2.75, 3.05) is 0 Å². The Bertz CT molecular complexity index is 657. The Balaban J connectivity index is 1.78. The quantitative estimate of drug-likeness (QED) is 0.485. The minimum atomic E-state index is -0.964. The fourth-order valence-electron chi connectivity index (χ4n) is 2.82. The molecule has 0 saturated heterocycles. The van der Waals surface area contributed by atoms with Gasteiger partial charge in [0.2, 0.25) is 0 Å². The highest BCUT2D eigenvalue weighted by molar-refractivity contribution is 5.76. The van der Waals surface area contributed by atoms with Crippen molar-refractivity contribution < 1.29 is 34.0 Å². The molecular weight excluding hydrogens is 354 g/mol. The maximum atomic E-state index is 12.1. The summed E-state index contributed by atoms with van der Waals surface area (Å²) in [4.78, 5) is 23.9. The fourth-order valence-corrected chi connectivity index (χ4v) is 2.82. The molecule has 1 saturated carbocycles. The second-order valence-corrected chi connectivity index (χ2v) is 6.87. The van der Waals surface area contributed by atoms with Gasteiger partial charge in [0.15, 0.2) is 11.5 Å². The second-order valence-electron chi connectivity index (χ2n) is 6.87. The smallest absolute Gasteiger partial charge is 0.504 e. The molecule has 4 N–H and O–H groups in total. The van der Waals surface area contributed by atoms with E-state index >= 15 is 0 Å². The summed E-state index contributed by atoms with van der Waals surface area (Å²) in [5, 5.41) is 18.8. The Morgan fingerprint density at radius 3 is 2.37 bits per heavy atom. The van der Waals surface area contributed by atoms with Gasteiger partial charge in [0.1, 0.15) is 24.4 Å². The van der Waals surface area contributed by atoms with E-state index in [1.54, 1.807) is 19.9 Å². The predicted octanol–water partition coefficient (Wildman–Crippen LogP) is 2.38. The molecule has 1 aliphatic rings. The van der Waals surface area contributed by atoms with E-state index in [2.05, 4.69) is 0 Å². The van der Waals surface area contributed by atoms with E-state index in [-0.39, 0.29) is 24.0 Å². The number of esters is 1. The minimum absolute atomic E-state index is 0.0993. The largest absolute Gasteiger partial charge is 0.508 e. The number of phenolic OH excluding ortho intramolecular Hbond substituents is 2. The second kappa shape index (κ2) is 9.45. The van der Waals surface area contributed by atoms with Gasteiger partial charge in [-0.3, -0.25) is 4.79 Å². The number of hydrogen-bond donors (Lipinski definition) is 3. The van der Waals surface area contributed by atoms with Gasteiger partial charge in [0.05, 0.1) is 0 Å². The summed E-state index contributed by atoms with van der Waals surface area (Å²) in [5.74, 6) is -1.20. The molecule has 1 unspecified atom stereocenters. The Morgan fingerprint density at radius 2 is 1.74 bits per heavy atom. The lowest BCUT2D eigenvalue weighted by atomic mass is 10.1. The summed E-state index contributed by atoms with van der Waals surface area (Å²) in [6.07, 6.45) is 1.64. The molecule has 8 heteroatoms. The van der Waals surface area contributed by atoms with Gasteiger partial charge in [-0.1, -0.05) is 6.07 Å². The molecule has 8 nitrogen and oxygen atoms in total. The summed E-state index contributed by atoms with van der Waals surface area (Å²) in [6, 6.07) is 3.23. The SMILES string of the molecule is CC(OC(=O)OC1CCCC1)[C@@H](C)OC(=O)[C@@H](N)Cc1ccc(O)c(O)c1. The van der Waals surface area contributed by atoms with Crippen molar-refractivity contribution in [1.29, 1.82) is 0 Å². The third-order valence-corrected chi connectivity index (χ3v) is 4.61. The third kappa shape index (κ3) is 6.32. The van der Waals surface area contributed by atoms with Crippen LogP contribution in [0.2, 0.25) is 0 Å². The molecule has 0 aromatic heterocycles. The molecule has 0 heterocycles. The summed E-state index contributed by atoms with van der Waals surface area (Å²) in [7, 11) is 0. The zero-order valence-electron chi connectivity index (χ0n) is 15.6. The van der Waals surface area contributed by atoms with Crippen molar-refractivity contribution in [2.45, 2.75) is 70.3 Å². The van der Waals surface area contributed by atoms with Crippen molar-refractivity contribution in [3.8, 4) is 11.5 Å². The van der Waals surface area contributed by atoms with Gasteiger partial charge in [-0.2, -0.15) is 0 Å². The molecule has 1 aromatic rings. The average molecular weight is 381 g/mol. The van der Waals surface area contributed by atoms with Gasteiger partial charge in [0.25, 0.3) is 0 Å². The first kappa shape index (κ1) is 20.8. The fraction of sp³-hybridized carbons (Fsp3) is 0.579. The summed E-state index contributed by atoms with van der Waals surface area (Å²) in [6.45, 7) is 3.21. The highest BCUT2D eigenvalue weighted by Crippen LogP contribution is 2.25. The van der Waals surface area contributed by atoms with Crippen molar-refractivity contribution in [3.05, 3.63) is 23.8 Å². The Labute approximate surface area is 158 Å². The molecule has 0 spiro atoms. The molecule has 27 heavy (non-hydrogen) atoms. The molecule has 2 rings (SSSR count). The molecular formula is C19H27NO7. The van der Waals surface area contributed by atoms with Crippen LogP contribution in [-0.4, -0.2) is 46.7 Å². The molecule has 0 bridgehead atoms. The number of benzene rings is 1. The summed E-state index contributed by atoms with van der Waals surface area (Å²) < 4.78 is 15.6. The molecule has 0 amide bonds. The van der Waals surface area contributed by atoms with Gasteiger partial charge >= 0.3 is 12.1 Å². The van der Waals surface area contributed by atoms with E-state index in [0.717, 1.165) is 25.7 Å². The van der Waals surface area contributed by atoms with Crippen molar-refractivity contribution in [1.82, 2.24) is 0 Å². The topological polar surface area (TPSA) is 128 Å². The van der Waals surface area contributed by atoms with Gasteiger partial charge in [-0.05, 0) is 63.6 Å². The predicted molar refractivity (Wildman–Crippen MR) is 96.3 cm³/mol. The first-order valence-corrected chi connectivity index (χ1v) is 9.10. The lowest BCUT2D eigenvalue weighted by molar-refractivity contribution is -0.155. The molecule has 1 fully saturated rings. The maximum absolute atomic E-state index is 12.1. The molecule has 150 valence electrons. The third-order valence-electron chi connectivity index (χ3n) is 4.61. The standard InChI is InChI=1S/C19H27NO7/c1-11(12(2)26-19(24)27-14-5-3-4-6-14)25-18(23)15(20)9-13-7-8-16(21)17(22)10-13/h7-8,10-12,14-15,21-22H,3-6,9,20H2,1-2H3/t11-,12?,15+/m1/s1. The van der Waals surface area contributed by atoms with E-state index in [9.17, 15) is 19.8 Å². The number of hydrogen-bond acceptors (Lipinski definition) is 8.